The predicted molar refractivity (Wildman–Crippen MR) is 68.4 cm³/mol. The number of nitrogens with zero attached hydrogens (tertiary/aromatic N) is 2. The first-order chi connectivity index (χ1) is 8.69. The van der Waals surface area contributed by atoms with Crippen LogP contribution in [-0.4, -0.2) is 23.4 Å². The molecule has 0 unspecified atom stereocenters. The van der Waals surface area contributed by atoms with E-state index in [0.717, 1.165) is 24.2 Å². The number of ether oxygens (including phenoxy) is 1. The predicted octanol–water partition coefficient (Wildman–Crippen LogP) is 2.22. The molecule has 0 radical (unpaired) electrons. The fraction of sp³-hybridized carbons (Fsp3) is 0.308. The number of anilines is 1. The number of aryl methyl sites for hydroxylation is 1. The summed E-state index contributed by atoms with van der Waals surface area (Å²) >= 11 is 0. The van der Waals surface area contributed by atoms with Crippen LogP contribution in [0, 0.1) is 5.82 Å². The highest BCUT2D eigenvalue weighted by Gasteiger charge is 2.04. The van der Waals surface area contributed by atoms with Gasteiger partial charge < -0.3 is 10.1 Å². The van der Waals surface area contributed by atoms with Crippen molar-refractivity contribution in [3.8, 4) is 5.75 Å². The molecule has 0 fully saturated rings. The molecule has 4 nitrogen and oxygen atoms in total. The van der Waals surface area contributed by atoms with Crippen LogP contribution in [0.5, 0.6) is 5.75 Å². The molecule has 18 heavy (non-hydrogen) atoms. The Bertz CT molecular complexity index is 525. The number of nitrogens with one attached hydrogen (secondary N) is 1. The molecular formula is C13H16FN3O. The van der Waals surface area contributed by atoms with E-state index in [1.807, 2.05) is 19.4 Å². The Balaban J connectivity index is 1.94. The van der Waals surface area contributed by atoms with E-state index in [2.05, 4.69) is 10.4 Å². The van der Waals surface area contributed by atoms with Crippen molar-refractivity contribution in [3.63, 3.8) is 0 Å². The van der Waals surface area contributed by atoms with Crippen LogP contribution in [0.1, 0.15) is 5.56 Å². The van der Waals surface area contributed by atoms with Crippen molar-refractivity contribution in [2.24, 2.45) is 7.05 Å². The maximum atomic E-state index is 13.0. The van der Waals surface area contributed by atoms with Crippen molar-refractivity contribution in [2.75, 3.05) is 19.0 Å². The third kappa shape index (κ3) is 3.00. The lowest BCUT2D eigenvalue weighted by Crippen LogP contribution is -2.05. The highest BCUT2D eigenvalue weighted by Crippen LogP contribution is 2.24. The average Bonchev–Trinajstić information content (AvgIpc) is 2.77. The maximum absolute atomic E-state index is 13.0. The zero-order valence-corrected chi connectivity index (χ0v) is 10.5. The molecule has 0 spiro atoms. The Morgan fingerprint density at radius 2 is 2.28 bits per heavy atom. The molecule has 0 saturated heterocycles. The molecule has 0 aliphatic carbocycles. The zero-order chi connectivity index (χ0) is 13.0. The lowest BCUT2D eigenvalue weighted by atomic mass is 10.2. The maximum Gasteiger partial charge on any atom is 0.144 e. The summed E-state index contributed by atoms with van der Waals surface area (Å²) < 4.78 is 19.9. The van der Waals surface area contributed by atoms with E-state index >= 15 is 0 Å². The minimum atomic E-state index is -0.301. The second kappa shape index (κ2) is 5.53. The minimum absolute atomic E-state index is 0.301. The van der Waals surface area contributed by atoms with Crippen LogP contribution in [0.4, 0.5) is 10.1 Å². The lowest BCUT2D eigenvalue weighted by molar-refractivity contribution is 0.413. The van der Waals surface area contributed by atoms with Crippen LogP contribution in [0.3, 0.4) is 0 Å². The highest BCUT2D eigenvalue weighted by atomic mass is 19.1. The molecule has 0 amide bonds. The lowest BCUT2D eigenvalue weighted by Gasteiger charge is -2.10. The summed E-state index contributed by atoms with van der Waals surface area (Å²) in [6.45, 7) is 0.744. The third-order valence-corrected chi connectivity index (χ3v) is 2.65. The van der Waals surface area contributed by atoms with Crippen LogP contribution >= 0.6 is 0 Å². The minimum Gasteiger partial charge on any atom is -0.494 e. The summed E-state index contributed by atoms with van der Waals surface area (Å²) in [4.78, 5) is 0. The smallest absolute Gasteiger partial charge is 0.144 e. The molecule has 2 rings (SSSR count). The molecule has 0 aliphatic heterocycles. The quantitative estimate of drug-likeness (QED) is 0.883. The number of benzene rings is 1. The molecule has 0 atom stereocenters. The molecule has 1 N–H and O–H groups in total. The Kier molecular flexibility index (Phi) is 3.82. The van der Waals surface area contributed by atoms with Gasteiger partial charge in [0, 0.05) is 25.9 Å². The van der Waals surface area contributed by atoms with Crippen LogP contribution in [0.2, 0.25) is 0 Å². The monoisotopic (exact) mass is 249 g/mol. The summed E-state index contributed by atoms with van der Waals surface area (Å²) in [6.07, 6.45) is 4.67. The number of methoxy groups -OCH3 is 1. The van der Waals surface area contributed by atoms with Gasteiger partial charge in [0.1, 0.15) is 11.6 Å². The van der Waals surface area contributed by atoms with Gasteiger partial charge in [-0.25, -0.2) is 4.39 Å². The van der Waals surface area contributed by atoms with Crippen molar-refractivity contribution >= 4 is 5.69 Å². The zero-order valence-electron chi connectivity index (χ0n) is 10.5. The first-order valence-corrected chi connectivity index (χ1v) is 5.74. The summed E-state index contributed by atoms with van der Waals surface area (Å²) in [7, 11) is 3.42. The van der Waals surface area contributed by atoms with Crippen LogP contribution in [0.15, 0.2) is 30.6 Å². The number of hydrogen-bond acceptors (Lipinski definition) is 3. The first-order valence-electron chi connectivity index (χ1n) is 5.74. The Hall–Kier alpha value is -2.04. The standard InChI is InChI=1S/C13H16FN3O/c1-17-9-10(8-16-17)5-6-15-12-4-3-11(14)7-13(12)18-2/h3-4,7-9,15H,5-6H2,1-2H3. The highest BCUT2D eigenvalue weighted by molar-refractivity contribution is 5.56. The van der Waals surface area contributed by atoms with Crippen molar-refractivity contribution in [1.82, 2.24) is 9.78 Å². The molecule has 96 valence electrons. The molecule has 0 aliphatic rings. The third-order valence-electron chi connectivity index (χ3n) is 2.65. The van der Waals surface area contributed by atoms with E-state index < -0.39 is 0 Å². The molecule has 0 saturated carbocycles. The van der Waals surface area contributed by atoms with E-state index in [1.165, 1.54) is 19.2 Å². The van der Waals surface area contributed by atoms with Gasteiger partial charge in [0.2, 0.25) is 0 Å². The van der Waals surface area contributed by atoms with Gasteiger partial charge in [-0.15, -0.1) is 0 Å². The van der Waals surface area contributed by atoms with Gasteiger partial charge in [-0.2, -0.15) is 5.10 Å². The van der Waals surface area contributed by atoms with Gasteiger partial charge >= 0.3 is 0 Å². The van der Waals surface area contributed by atoms with E-state index in [1.54, 1.807) is 10.7 Å². The molecule has 2 aromatic rings. The first kappa shape index (κ1) is 12.4. The summed E-state index contributed by atoms with van der Waals surface area (Å²) in [5.74, 6) is 0.214. The van der Waals surface area contributed by atoms with Crippen LogP contribution in [0.25, 0.3) is 0 Å². The average molecular weight is 249 g/mol. The van der Waals surface area contributed by atoms with Crippen molar-refractivity contribution < 1.29 is 9.13 Å². The Morgan fingerprint density at radius 3 is 2.94 bits per heavy atom. The SMILES string of the molecule is COc1cc(F)ccc1NCCc1cnn(C)c1. The van der Waals surface area contributed by atoms with Crippen molar-refractivity contribution in [2.45, 2.75) is 6.42 Å². The van der Waals surface area contributed by atoms with Gasteiger partial charge in [0.05, 0.1) is 19.0 Å². The molecule has 1 aromatic carbocycles. The van der Waals surface area contributed by atoms with E-state index in [9.17, 15) is 4.39 Å². The summed E-state index contributed by atoms with van der Waals surface area (Å²) in [5, 5.41) is 7.32. The number of aromatic nitrogens is 2. The van der Waals surface area contributed by atoms with Crippen molar-refractivity contribution in [3.05, 3.63) is 42.0 Å². The largest absolute Gasteiger partial charge is 0.494 e. The molecule has 5 heteroatoms. The van der Waals surface area contributed by atoms with Crippen LogP contribution in [-0.2, 0) is 13.5 Å². The molecular weight excluding hydrogens is 233 g/mol. The van der Waals surface area contributed by atoms with E-state index in [0.29, 0.717) is 5.75 Å². The van der Waals surface area contributed by atoms with E-state index in [-0.39, 0.29) is 5.82 Å². The van der Waals surface area contributed by atoms with Gasteiger partial charge in [-0.05, 0) is 24.1 Å². The molecule has 0 bridgehead atoms. The number of hydrogen-bond donors (Lipinski definition) is 1. The second-order valence-corrected chi connectivity index (χ2v) is 4.04. The van der Waals surface area contributed by atoms with Crippen molar-refractivity contribution in [1.29, 1.82) is 0 Å². The van der Waals surface area contributed by atoms with Crippen LogP contribution < -0.4 is 10.1 Å². The fourth-order valence-electron chi connectivity index (χ4n) is 1.75. The number of halogens is 1. The molecule has 1 heterocycles. The molecule has 1 aromatic heterocycles. The summed E-state index contributed by atoms with van der Waals surface area (Å²) in [6, 6.07) is 4.46. The second-order valence-electron chi connectivity index (χ2n) is 4.04. The summed E-state index contributed by atoms with van der Waals surface area (Å²) in [5.41, 5.74) is 1.95. The van der Waals surface area contributed by atoms with E-state index in [4.69, 9.17) is 4.74 Å². The fourth-order valence-corrected chi connectivity index (χ4v) is 1.75. The number of rotatable bonds is 5. The Morgan fingerprint density at radius 1 is 1.44 bits per heavy atom. The van der Waals surface area contributed by atoms with Gasteiger partial charge in [-0.3, -0.25) is 4.68 Å². The van der Waals surface area contributed by atoms with Gasteiger partial charge in [0.15, 0.2) is 0 Å². The van der Waals surface area contributed by atoms with Gasteiger partial charge in [-0.1, -0.05) is 0 Å². The Labute approximate surface area is 105 Å². The van der Waals surface area contributed by atoms with Gasteiger partial charge in [0.25, 0.3) is 0 Å². The normalized spacial score (nSPS) is 10.4. The topological polar surface area (TPSA) is 39.1 Å².